The summed E-state index contributed by atoms with van der Waals surface area (Å²) in [7, 11) is 3.13. The van der Waals surface area contributed by atoms with Crippen molar-refractivity contribution in [1.82, 2.24) is 0 Å². The molecule has 226 valence electrons. The molecule has 2 aromatic carbocycles. The molecule has 0 saturated carbocycles. The summed E-state index contributed by atoms with van der Waals surface area (Å²) in [6.07, 6.45) is 1.79. The monoisotopic (exact) mass is 585 g/mol. The van der Waals surface area contributed by atoms with E-state index in [4.69, 9.17) is 24.4 Å². The second kappa shape index (κ2) is 12.8. The Kier molecular flexibility index (Phi) is 9.13. The first-order valence-electron chi connectivity index (χ1n) is 14.5. The number of aliphatic hydroxyl groups excluding tert-OH is 1. The maximum absolute atomic E-state index is 14.6. The number of anilines is 2. The number of hydrogen-bond acceptors (Lipinski definition) is 7. The van der Waals surface area contributed by atoms with Crippen LogP contribution in [0.3, 0.4) is 0 Å². The van der Waals surface area contributed by atoms with Gasteiger partial charge in [-0.2, -0.15) is 18.3 Å². The fraction of sp³-hybridized carbons (Fsp3) is 0.469. The van der Waals surface area contributed by atoms with Gasteiger partial charge < -0.3 is 24.2 Å². The second-order valence-corrected chi connectivity index (χ2v) is 10.7. The maximum Gasteiger partial charge on any atom is 0.418 e. The minimum absolute atomic E-state index is 0.00448. The average molecular weight is 586 g/mol. The van der Waals surface area contributed by atoms with Crippen LogP contribution in [0.25, 0.3) is 0 Å². The molecule has 1 fully saturated rings. The normalized spacial score (nSPS) is 19.9. The molecule has 1 N–H and O–H groups in total. The Morgan fingerprint density at radius 1 is 1.05 bits per heavy atom. The number of ether oxygens (including phenoxy) is 3. The van der Waals surface area contributed by atoms with Crippen LogP contribution >= 0.6 is 0 Å². The Morgan fingerprint density at radius 2 is 1.79 bits per heavy atom. The molecule has 1 unspecified atom stereocenters. The quantitative estimate of drug-likeness (QED) is 0.313. The highest BCUT2D eigenvalue weighted by atomic mass is 19.4. The molecule has 0 spiro atoms. The van der Waals surface area contributed by atoms with Gasteiger partial charge in [0.05, 0.1) is 43.0 Å². The predicted octanol–water partition coefficient (Wildman–Crippen LogP) is 6.70. The third kappa shape index (κ3) is 6.15. The molecule has 1 aliphatic carbocycles. The molecule has 0 aromatic heterocycles. The van der Waals surface area contributed by atoms with E-state index in [0.717, 1.165) is 48.5 Å². The first kappa shape index (κ1) is 30.0. The highest BCUT2D eigenvalue weighted by Gasteiger charge is 2.39. The summed E-state index contributed by atoms with van der Waals surface area (Å²) in [4.78, 5) is 2.05. The number of alkyl halides is 3. The van der Waals surface area contributed by atoms with Gasteiger partial charge in [0.25, 0.3) is 0 Å². The zero-order chi connectivity index (χ0) is 29.9. The van der Waals surface area contributed by atoms with Crippen molar-refractivity contribution in [2.45, 2.75) is 57.7 Å². The summed E-state index contributed by atoms with van der Waals surface area (Å²) in [5.74, 6) is 1.16. The molecule has 5 rings (SSSR count). The maximum atomic E-state index is 14.6. The van der Waals surface area contributed by atoms with Crippen molar-refractivity contribution in [2.24, 2.45) is 5.10 Å². The van der Waals surface area contributed by atoms with Crippen molar-refractivity contribution in [1.29, 1.82) is 0 Å². The van der Waals surface area contributed by atoms with E-state index in [0.29, 0.717) is 61.1 Å². The fourth-order valence-corrected chi connectivity index (χ4v) is 5.94. The van der Waals surface area contributed by atoms with Gasteiger partial charge in [0.2, 0.25) is 0 Å². The Hall–Kier alpha value is -3.50. The molecule has 2 aliphatic heterocycles. The SMILES string of the molecule is CC/C=C1\C2=C(CCC2)C(c2cc(OC)cc(OC)c2)=NN1c1cc(N2CCC(OCCCO)C2)ccc1C(F)(F)F. The fourth-order valence-electron chi connectivity index (χ4n) is 5.94. The Morgan fingerprint density at radius 3 is 2.45 bits per heavy atom. The number of hydrazone groups is 1. The molecular weight excluding hydrogens is 547 g/mol. The lowest BCUT2D eigenvalue weighted by Gasteiger charge is -2.33. The largest absolute Gasteiger partial charge is 0.497 e. The molecule has 2 aromatic rings. The molecule has 2 heterocycles. The van der Waals surface area contributed by atoms with Crippen molar-refractivity contribution in [3.05, 3.63) is 70.4 Å². The summed E-state index contributed by atoms with van der Waals surface area (Å²) in [6, 6.07) is 9.76. The van der Waals surface area contributed by atoms with Crippen LogP contribution in [0.1, 0.15) is 56.6 Å². The highest BCUT2D eigenvalue weighted by molar-refractivity contribution is 6.15. The van der Waals surface area contributed by atoms with Gasteiger partial charge in [-0.3, -0.25) is 0 Å². The Balaban J connectivity index is 1.62. The van der Waals surface area contributed by atoms with Gasteiger partial charge in [-0.25, -0.2) is 5.01 Å². The standard InChI is InChI=1S/C32H38F3N3O4/c1-4-7-29-26-8-5-9-27(26)31(21-16-24(40-2)19-25(17-21)41-3)36-38(29)30-18-22(10-11-28(30)32(33,34)35)37-13-12-23(20-37)42-15-6-14-39/h7,10-11,16-19,23,39H,4-6,8-9,12-15,20H2,1-3H3/b29-7+. The van der Waals surface area contributed by atoms with Crippen LogP contribution in [-0.4, -0.2) is 57.4 Å². The van der Waals surface area contributed by atoms with Gasteiger partial charge in [-0.05, 0) is 80.0 Å². The second-order valence-electron chi connectivity index (χ2n) is 10.7. The summed E-state index contributed by atoms with van der Waals surface area (Å²) in [6.45, 7) is 3.73. The van der Waals surface area contributed by atoms with Crippen LogP contribution in [0.4, 0.5) is 24.5 Å². The van der Waals surface area contributed by atoms with E-state index in [1.165, 1.54) is 11.1 Å². The molecule has 42 heavy (non-hydrogen) atoms. The third-order valence-corrected chi connectivity index (χ3v) is 7.94. The van der Waals surface area contributed by atoms with E-state index < -0.39 is 11.7 Å². The van der Waals surface area contributed by atoms with Crippen molar-refractivity contribution in [3.63, 3.8) is 0 Å². The zero-order valence-corrected chi connectivity index (χ0v) is 24.3. The van der Waals surface area contributed by atoms with Crippen LogP contribution in [0, 0.1) is 0 Å². The van der Waals surface area contributed by atoms with Crippen LogP contribution in [-0.2, 0) is 10.9 Å². The third-order valence-electron chi connectivity index (χ3n) is 7.94. The molecule has 0 bridgehead atoms. The average Bonchev–Trinajstić information content (AvgIpc) is 3.67. The van der Waals surface area contributed by atoms with Crippen molar-refractivity contribution < 1.29 is 32.5 Å². The zero-order valence-electron chi connectivity index (χ0n) is 24.3. The summed E-state index contributed by atoms with van der Waals surface area (Å²) in [5.41, 5.74) is 4.09. The van der Waals surface area contributed by atoms with Crippen LogP contribution in [0.15, 0.2) is 64.4 Å². The van der Waals surface area contributed by atoms with Gasteiger partial charge >= 0.3 is 6.18 Å². The van der Waals surface area contributed by atoms with Crippen molar-refractivity contribution >= 4 is 17.1 Å². The van der Waals surface area contributed by atoms with Crippen LogP contribution in [0.2, 0.25) is 0 Å². The van der Waals surface area contributed by atoms with Gasteiger partial charge in [0.15, 0.2) is 0 Å². The minimum atomic E-state index is -4.58. The smallest absolute Gasteiger partial charge is 0.418 e. The van der Waals surface area contributed by atoms with Gasteiger partial charge in [-0.15, -0.1) is 0 Å². The lowest BCUT2D eigenvalue weighted by molar-refractivity contribution is -0.137. The molecule has 1 saturated heterocycles. The van der Waals surface area contributed by atoms with Crippen LogP contribution in [0.5, 0.6) is 11.5 Å². The number of methoxy groups -OCH3 is 2. The van der Waals surface area contributed by atoms with E-state index in [1.807, 2.05) is 25.1 Å². The number of rotatable bonds is 10. The lowest BCUT2D eigenvalue weighted by atomic mass is 9.95. The molecule has 10 heteroatoms. The molecule has 0 amide bonds. The minimum Gasteiger partial charge on any atom is -0.497 e. The summed E-state index contributed by atoms with van der Waals surface area (Å²) in [5, 5.41) is 15.5. The highest BCUT2D eigenvalue weighted by Crippen LogP contribution is 2.46. The lowest BCUT2D eigenvalue weighted by Crippen LogP contribution is -2.29. The predicted molar refractivity (Wildman–Crippen MR) is 158 cm³/mol. The van der Waals surface area contributed by atoms with Crippen molar-refractivity contribution in [2.75, 3.05) is 50.4 Å². The number of hydrogen-bond donors (Lipinski definition) is 1. The number of allylic oxidation sites excluding steroid dienone is 3. The summed E-state index contributed by atoms with van der Waals surface area (Å²) < 4.78 is 60.5. The van der Waals surface area contributed by atoms with Gasteiger partial charge in [-0.1, -0.05) is 13.0 Å². The number of halogens is 3. The van der Waals surface area contributed by atoms with Gasteiger partial charge in [0.1, 0.15) is 11.5 Å². The van der Waals surface area contributed by atoms with E-state index >= 15 is 0 Å². The van der Waals surface area contributed by atoms with E-state index in [9.17, 15) is 13.2 Å². The molecular formula is C32H38F3N3O4. The number of nitrogens with zero attached hydrogens (tertiary/aromatic N) is 3. The van der Waals surface area contributed by atoms with Gasteiger partial charge in [0, 0.05) is 43.6 Å². The molecule has 0 radical (unpaired) electrons. The Bertz CT molecular complexity index is 1360. The van der Waals surface area contributed by atoms with E-state index in [1.54, 1.807) is 26.4 Å². The number of benzene rings is 2. The summed E-state index contributed by atoms with van der Waals surface area (Å²) >= 11 is 0. The van der Waals surface area contributed by atoms with E-state index in [-0.39, 0.29) is 18.4 Å². The van der Waals surface area contributed by atoms with Crippen molar-refractivity contribution in [3.8, 4) is 11.5 Å². The van der Waals surface area contributed by atoms with E-state index in [2.05, 4.69) is 4.90 Å². The first-order valence-corrected chi connectivity index (χ1v) is 14.5. The molecule has 7 nitrogen and oxygen atoms in total. The molecule has 1 atom stereocenters. The first-order chi connectivity index (χ1) is 20.3. The molecule has 3 aliphatic rings. The number of aliphatic hydroxyl groups is 1. The van der Waals surface area contributed by atoms with Crippen LogP contribution < -0.4 is 19.4 Å². The Labute approximate surface area is 244 Å². The topological polar surface area (TPSA) is 66.8 Å².